The molecule has 1 fully saturated rings. The molecule has 1 aromatic rings. The fourth-order valence-corrected chi connectivity index (χ4v) is 2.88. The number of para-hydroxylation sites is 1. The first-order valence-corrected chi connectivity index (χ1v) is 6.95. The fourth-order valence-electron chi connectivity index (χ4n) is 2.88. The zero-order valence-electron chi connectivity index (χ0n) is 11.4. The number of nitrogens with two attached hydrogens (primary N) is 1. The predicted molar refractivity (Wildman–Crippen MR) is 77.4 cm³/mol. The first-order valence-electron chi connectivity index (χ1n) is 6.95. The molecule has 4 heteroatoms. The van der Waals surface area contributed by atoms with Gasteiger partial charge in [-0.3, -0.25) is 0 Å². The SMILES string of the molecule is CC1CCCCC1CNc1c(N)cccc1C(=O)O. The second-order valence-electron chi connectivity index (χ2n) is 5.48. The van der Waals surface area contributed by atoms with Crippen LogP contribution in [0.2, 0.25) is 0 Å². The second kappa shape index (κ2) is 5.95. The van der Waals surface area contributed by atoms with E-state index in [1.165, 1.54) is 25.7 Å². The van der Waals surface area contributed by atoms with Gasteiger partial charge in [0.05, 0.1) is 16.9 Å². The summed E-state index contributed by atoms with van der Waals surface area (Å²) in [6.45, 7) is 3.08. The molecule has 1 aliphatic carbocycles. The highest BCUT2D eigenvalue weighted by molar-refractivity contribution is 5.97. The van der Waals surface area contributed by atoms with E-state index in [1.807, 2.05) is 0 Å². The Morgan fingerprint density at radius 1 is 1.42 bits per heavy atom. The topological polar surface area (TPSA) is 75.3 Å². The maximum Gasteiger partial charge on any atom is 0.337 e. The summed E-state index contributed by atoms with van der Waals surface area (Å²) in [7, 11) is 0. The van der Waals surface area contributed by atoms with Crippen molar-refractivity contribution in [1.29, 1.82) is 0 Å². The number of benzene rings is 1. The molecule has 0 spiro atoms. The van der Waals surface area contributed by atoms with Gasteiger partial charge in [0.15, 0.2) is 0 Å². The monoisotopic (exact) mass is 262 g/mol. The van der Waals surface area contributed by atoms with Crippen LogP contribution in [0.1, 0.15) is 43.0 Å². The molecular weight excluding hydrogens is 240 g/mol. The molecule has 0 bridgehead atoms. The van der Waals surface area contributed by atoms with Crippen molar-refractivity contribution < 1.29 is 9.90 Å². The summed E-state index contributed by atoms with van der Waals surface area (Å²) in [4.78, 5) is 11.2. The Morgan fingerprint density at radius 2 is 2.16 bits per heavy atom. The number of carboxylic acids is 1. The normalized spacial score (nSPS) is 23.0. The van der Waals surface area contributed by atoms with Gasteiger partial charge in [0.2, 0.25) is 0 Å². The van der Waals surface area contributed by atoms with Gasteiger partial charge in [-0.15, -0.1) is 0 Å². The number of nitrogen functional groups attached to an aromatic ring is 1. The quantitative estimate of drug-likeness (QED) is 0.728. The van der Waals surface area contributed by atoms with Crippen molar-refractivity contribution in [3.63, 3.8) is 0 Å². The number of carbonyl (C=O) groups is 1. The van der Waals surface area contributed by atoms with Crippen LogP contribution < -0.4 is 11.1 Å². The molecule has 4 N–H and O–H groups in total. The largest absolute Gasteiger partial charge is 0.478 e. The van der Waals surface area contributed by atoms with Gasteiger partial charge in [0, 0.05) is 6.54 Å². The van der Waals surface area contributed by atoms with E-state index in [4.69, 9.17) is 5.73 Å². The van der Waals surface area contributed by atoms with Crippen molar-refractivity contribution in [2.75, 3.05) is 17.6 Å². The van der Waals surface area contributed by atoms with Crippen molar-refractivity contribution in [3.8, 4) is 0 Å². The Morgan fingerprint density at radius 3 is 2.84 bits per heavy atom. The molecule has 0 heterocycles. The first kappa shape index (κ1) is 13.7. The van der Waals surface area contributed by atoms with Crippen molar-refractivity contribution in [2.24, 2.45) is 11.8 Å². The second-order valence-corrected chi connectivity index (χ2v) is 5.48. The summed E-state index contributed by atoms with van der Waals surface area (Å²) < 4.78 is 0. The van der Waals surface area contributed by atoms with E-state index in [2.05, 4.69) is 12.2 Å². The highest BCUT2D eigenvalue weighted by Crippen LogP contribution is 2.31. The fraction of sp³-hybridized carbons (Fsp3) is 0.533. The first-order chi connectivity index (χ1) is 9.09. The molecule has 1 saturated carbocycles. The number of nitrogens with one attached hydrogen (secondary N) is 1. The standard InChI is InChI=1S/C15H22N2O2/c1-10-5-2-3-6-11(10)9-17-14-12(15(18)19)7-4-8-13(14)16/h4,7-8,10-11,17H,2-3,5-6,9,16H2,1H3,(H,18,19). The Kier molecular flexibility index (Phi) is 4.30. The van der Waals surface area contributed by atoms with E-state index in [9.17, 15) is 9.90 Å². The average Bonchev–Trinajstić information content (AvgIpc) is 2.38. The molecule has 2 unspecified atom stereocenters. The maximum absolute atomic E-state index is 11.2. The molecule has 4 nitrogen and oxygen atoms in total. The molecule has 1 aromatic carbocycles. The zero-order valence-corrected chi connectivity index (χ0v) is 11.4. The van der Waals surface area contributed by atoms with Gasteiger partial charge in [0.25, 0.3) is 0 Å². The lowest BCUT2D eigenvalue weighted by Crippen LogP contribution is -2.25. The van der Waals surface area contributed by atoms with E-state index >= 15 is 0 Å². The molecule has 0 aliphatic heterocycles. The Hall–Kier alpha value is -1.71. The van der Waals surface area contributed by atoms with Crippen molar-refractivity contribution in [1.82, 2.24) is 0 Å². The number of hydrogen-bond acceptors (Lipinski definition) is 3. The lowest BCUT2D eigenvalue weighted by molar-refractivity contribution is 0.0698. The Bertz CT molecular complexity index is 459. The average molecular weight is 262 g/mol. The number of anilines is 2. The van der Waals surface area contributed by atoms with Gasteiger partial charge in [-0.25, -0.2) is 4.79 Å². The van der Waals surface area contributed by atoms with Crippen LogP contribution in [-0.4, -0.2) is 17.6 Å². The van der Waals surface area contributed by atoms with E-state index < -0.39 is 5.97 Å². The van der Waals surface area contributed by atoms with Crippen LogP contribution in [0, 0.1) is 11.8 Å². The molecule has 2 atom stereocenters. The maximum atomic E-state index is 11.2. The number of carboxylic acid groups (broad SMARTS) is 1. The van der Waals surface area contributed by atoms with Crippen LogP contribution in [0.5, 0.6) is 0 Å². The Balaban J connectivity index is 2.08. The summed E-state index contributed by atoms with van der Waals surface area (Å²) in [6, 6.07) is 5.00. The molecule has 1 aliphatic rings. The van der Waals surface area contributed by atoms with Crippen molar-refractivity contribution >= 4 is 17.3 Å². The third kappa shape index (κ3) is 3.19. The van der Waals surface area contributed by atoms with Crippen LogP contribution >= 0.6 is 0 Å². The van der Waals surface area contributed by atoms with E-state index in [0.29, 0.717) is 23.2 Å². The molecular formula is C15H22N2O2. The van der Waals surface area contributed by atoms with E-state index in [-0.39, 0.29) is 5.56 Å². The smallest absolute Gasteiger partial charge is 0.337 e. The minimum absolute atomic E-state index is 0.253. The summed E-state index contributed by atoms with van der Waals surface area (Å²) in [5, 5.41) is 12.4. The number of hydrogen-bond donors (Lipinski definition) is 3. The van der Waals surface area contributed by atoms with Crippen LogP contribution in [0.15, 0.2) is 18.2 Å². The van der Waals surface area contributed by atoms with Gasteiger partial charge in [-0.2, -0.15) is 0 Å². The van der Waals surface area contributed by atoms with Gasteiger partial charge in [0.1, 0.15) is 0 Å². The summed E-state index contributed by atoms with van der Waals surface area (Å²) >= 11 is 0. The Labute approximate surface area is 114 Å². The van der Waals surface area contributed by atoms with Crippen molar-refractivity contribution in [2.45, 2.75) is 32.6 Å². The third-order valence-electron chi connectivity index (χ3n) is 4.16. The van der Waals surface area contributed by atoms with Crippen LogP contribution in [-0.2, 0) is 0 Å². The lowest BCUT2D eigenvalue weighted by atomic mass is 9.80. The third-order valence-corrected chi connectivity index (χ3v) is 4.16. The molecule has 104 valence electrons. The van der Waals surface area contributed by atoms with Crippen LogP contribution in [0.25, 0.3) is 0 Å². The molecule has 2 rings (SSSR count). The van der Waals surface area contributed by atoms with Gasteiger partial charge >= 0.3 is 5.97 Å². The highest BCUT2D eigenvalue weighted by atomic mass is 16.4. The minimum atomic E-state index is -0.938. The molecule has 0 radical (unpaired) electrons. The summed E-state index contributed by atoms with van der Waals surface area (Å²) in [5.74, 6) is 0.362. The molecule has 0 aromatic heterocycles. The minimum Gasteiger partial charge on any atom is -0.478 e. The van der Waals surface area contributed by atoms with Gasteiger partial charge < -0.3 is 16.2 Å². The van der Waals surface area contributed by atoms with Crippen LogP contribution in [0.4, 0.5) is 11.4 Å². The molecule has 0 amide bonds. The van der Waals surface area contributed by atoms with Gasteiger partial charge in [-0.1, -0.05) is 32.3 Å². The number of aromatic carboxylic acids is 1. The predicted octanol–water partition coefficient (Wildman–Crippen LogP) is 3.21. The summed E-state index contributed by atoms with van der Waals surface area (Å²) in [5.41, 5.74) is 7.20. The molecule has 0 saturated heterocycles. The van der Waals surface area contributed by atoms with E-state index in [0.717, 1.165) is 6.54 Å². The summed E-state index contributed by atoms with van der Waals surface area (Å²) in [6.07, 6.45) is 5.06. The number of rotatable bonds is 4. The van der Waals surface area contributed by atoms with Crippen LogP contribution in [0.3, 0.4) is 0 Å². The highest BCUT2D eigenvalue weighted by Gasteiger charge is 2.22. The lowest BCUT2D eigenvalue weighted by Gasteiger charge is -2.29. The molecule has 19 heavy (non-hydrogen) atoms. The van der Waals surface area contributed by atoms with Crippen molar-refractivity contribution in [3.05, 3.63) is 23.8 Å². The van der Waals surface area contributed by atoms with Gasteiger partial charge in [-0.05, 0) is 30.4 Å². The van der Waals surface area contributed by atoms with E-state index in [1.54, 1.807) is 18.2 Å². The zero-order chi connectivity index (χ0) is 13.8.